The molecule has 1 heterocycles. The second-order valence-electron chi connectivity index (χ2n) is 5.20. The van der Waals surface area contributed by atoms with E-state index in [-0.39, 0.29) is 6.04 Å². The third-order valence-electron chi connectivity index (χ3n) is 3.76. The zero-order valence-electron chi connectivity index (χ0n) is 10.9. The molecule has 0 aliphatic carbocycles. The number of benzene rings is 2. The second-order valence-corrected chi connectivity index (χ2v) is 5.20. The van der Waals surface area contributed by atoms with Crippen molar-refractivity contribution < 1.29 is 8.78 Å². The Balaban J connectivity index is 1.95. The third-order valence-corrected chi connectivity index (χ3v) is 3.76. The van der Waals surface area contributed by atoms with Gasteiger partial charge in [-0.3, -0.25) is 0 Å². The predicted molar refractivity (Wildman–Crippen MR) is 72.3 cm³/mol. The van der Waals surface area contributed by atoms with E-state index in [0.717, 1.165) is 18.2 Å². The molecule has 98 valence electrons. The van der Waals surface area contributed by atoms with Crippen LogP contribution in [0, 0.1) is 25.5 Å². The summed E-state index contributed by atoms with van der Waals surface area (Å²) < 4.78 is 26.5. The molecule has 0 amide bonds. The molecule has 0 radical (unpaired) electrons. The first-order chi connectivity index (χ1) is 9.02. The molecule has 0 aromatic heterocycles. The van der Waals surface area contributed by atoms with Crippen molar-refractivity contribution in [2.24, 2.45) is 0 Å². The van der Waals surface area contributed by atoms with Gasteiger partial charge in [0.15, 0.2) is 0 Å². The zero-order chi connectivity index (χ0) is 13.6. The van der Waals surface area contributed by atoms with E-state index in [9.17, 15) is 8.78 Å². The molecule has 1 N–H and O–H groups in total. The van der Waals surface area contributed by atoms with E-state index >= 15 is 0 Å². The number of anilines is 1. The molecule has 1 aliphatic rings. The lowest BCUT2D eigenvalue weighted by molar-refractivity contribution is 0.576. The summed E-state index contributed by atoms with van der Waals surface area (Å²) >= 11 is 0. The summed E-state index contributed by atoms with van der Waals surface area (Å²) in [6, 6.07) is 7.88. The van der Waals surface area contributed by atoms with Gasteiger partial charge < -0.3 is 5.32 Å². The summed E-state index contributed by atoms with van der Waals surface area (Å²) in [5.41, 5.74) is 5.39. The Morgan fingerprint density at radius 2 is 1.58 bits per heavy atom. The monoisotopic (exact) mass is 259 g/mol. The summed E-state index contributed by atoms with van der Waals surface area (Å²) in [6.07, 6.45) is 0.763. The highest BCUT2D eigenvalue weighted by molar-refractivity contribution is 5.61. The van der Waals surface area contributed by atoms with Crippen LogP contribution in [0.1, 0.15) is 28.3 Å². The smallest absolute Gasteiger partial charge is 0.126 e. The normalized spacial score (nSPS) is 17.2. The number of halogens is 2. The van der Waals surface area contributed by atoms with Crippen LogP contribution in [0.25, 0.3) is 0 Å². The first kappa shape index (κ1) is 12.2. The molecule has 1 atom stereocenters. The van der Waals surface area contributed by atoms with Crippen LogP contribution in [-0.2, 0) is 6.42 Å². The minimum Gasteiger partial charge on any atom is -0.378 e. The summed E-state index contributed by atoms with van der Waals surface area (Å²) in [4.78, 5) is 0. The van der Waals surface area contributed by atoms with Crippen molar-refractivity contribution in [1.29, 1.82) is 0 Å². The molecule has 0 saturated carbocycles. The molecular weight excluding hydrogens is 244 g/mol. The quantitative estimate of drug-likeness (QED) is 0.805. The van der Waals surface area contributed by atoms with E-state index in [0.29, 0.717) is 5.56 Å². The van der Waals surface area contributed by atoms with Crippen LogP contribution in [-0.4, -0.2) is 0 Å². The van der Waals surface area contributed by atoms with Crippen LogP contribution < -0.4 is 5.32 Å². The third kappa shape index (κ3) is 2.21. The topological polar surface area (TPSA) is 12.0 Å². The van der Waals surface area contributed by atoms with Gasteiger partial charge in [0.05, 0.1) is 6.04 Å². The Hall–Kier alpha value is -1.90. The SMILES string of the molecule is Cc1cc2c(cc1C)NC(c1cc(F)cc(F)c1)C2. The van der Waals surface area contributed by atoms with E-state index in [1.54, 1.807) is 0 Å². The maximum absolute atomic E-state index is 13.3. The fourth-order valence-corrected chi connectivity index (χ4v) is 2.62. The van der Waals surface area contributed by atoms with Crippen LogP contribution in [0.2, 0.25) is 0 Å². The van der Waals surface area contributed by atoms with Crippen LogP contribution in [0.5, 0.6) is 0 Å². The largest absolute Gasteiger partial charge is 0.378 e. The van der Waals surface area contributed by atoms with E-state index < -0.39 is 11.6 Å². The molecule has 0 spiro atoms. The first-order valence-corrected chi connectivity index (χ1v) is 6.35. The van der Waals surface area contributed by atoms with Crippen molar-refractivity contribution in [1.82, 2.24) is 0 Å². The van der Waals surface area contributed by atoms with Gasteiger partial charge >= 0.3 is 0 Å². The minimum atomic E-state index is -0.528. The average Bonchev–Trinajstić information content (AvgIpc) is 2.71. The van der Waals surface area contributed by atoms with Crippen LogP contribution in [0.15, 0.2) is 30.3 Å². The number of hydrogen-bond donors (Lipinski definition) is 1. The minimum absolute atomic E-state index is 0.0543. The standard InChI is InChI=1S/C16H15F2N/c1-9-3-11-7-16(19-15(11)4-10(9)2)12-5-13(17)8-14(18)6-12/h3-6,8,16,19H,7H2,1-2H3. The Labute approximate surface area is 111 Å². The zero-order valence-corrected chi connectivity index (χ0v) is 10.9. The molecule has 2 aromatic rings. The summed E-state index contributed by atoms with van der Waals surface area (Å²) in [5, 5.41) is 3.34. The summed E-state index contributed by atoms with van der Waals surface area (Å²) in [7, 11) is 0. The average molecular weight is 259 g/mol. The molecule has 0 bridgehead atoms. The molecule has 3 heteroatoms. The second kappa shape index (κ2) is 4.34. The van der Waals surface area contributed by atoms with Gasteiger partial charge in [0.1, 0.15) is 11.6 Å². The predicted octanol–water partition coefficient (Wildman–Crippen LogP) is 4.29. The highest BCUT2D eigenvalue weighted by Crippen LogP contribution is 2.36. The highest BCUT2D eigenvalue weighted by atomic mass is 19.1. The van der Waals surface area contributed by atoms with Crippen LogP contribution in [0.4, 0.5) is 14.5 Å². The lowest BCUT2D eigenvalue weighted by Gasteiger charge is -2.12. The molecule has 0 saturated heterocycles. The van der Waals surface area contributed by atoms with E-state index in [1.165, 1.54) is 28.8 Å². The van der Waals surface area contributed by atoms with Gasteiger partial charge in [0.2, 0.25) is 0 Å². The van der Waals surface area contributed by atoms with E-state index in [1.807, 2.05) is 0 Å². The molecule has 1 aliphatic heterocycles. The lowest BCUT2D eigenvalue weighted by Crippen LogP contribution is -2.06. The number of hydrogen-bond acceptors (Lipinski definition) is 1. The van der Waals surface area contributed by atoms with Crippen molar-refractivity contribution in [3.8, 4) is 0 Å². The van der Waals surface area contributed by atoms with Crippen molar-refractivity contribution >= 4 is 5.69 Å². The van der Waals surface area contributed by atoms with E-state index in [4.69, 9.17) is 0 Å². The molecule has 1 unspecified atom stereocenters. The van der Waals surface area contributed by atoms with Gasteiger partial charge in [0, 0.05) is 11.8 Å². The van der Waals surface area contributed by atoms with Crippen molar-refractivity contribution in [2.75, 3.05) is 5.32 Å². The lowest BCUT2D eigenvalue weighted by atomic mass is 10.00. The summed E-state index contributed by atoms with van der Waals surface area (Å²) in [6.45, 7) is 4.14. The fraction of sp³-hybridized carbons (Fsp3) is 0.250. The van der Waals surface area contributed by atoms with Gasteiger partial charge in [-0.15, -0.1) is 0 Å². The van der Waals surface area contributed by atoms with Crippen molar-refractivity contribution in [2.45, 2.75) is 26.3 Å². The molecule has 0 fully saturated rings. The Kier molecular flexibility index (Phi) is 2.77. The molecule has 1 nitrogen and oxygen atoms in total. The maximum atomic E-state index is 13.3. The molecule has 2 aromatic carbocycles. The number of aryl methyl sites for hydroxylation is 2. The van der Waals surface area contributed by atoms with Crippen molar-refractivity contribution in [3.63, 3.8) is 0 Å². The van der Waals surface area contributed by atoms with Crippen LogP contribution in [0.3, 0.4) is 0 Å². The number of rotatable bonds is 1. The number of fused-ring (bicyclic) bond motifs is 1. The van der Waals surface area contributed by atoms with Crippen molar-refractivity contribution in [3.05, 3.63) is 64.2 Å². The summed E-state index contributed by atoms with van der Waals surface area (Å²) in [5.74, 6) is -1.06. The first-order valence-electron chi connectivity index (χ1n) is 6.35. The van der Waals surface area contributed by atoms with Gasteiger partial charge in [-0.2, -0.15) is 0 Å². The molecular formula is C16H15F2N. The molecule has 3 rings (SSSR count). The highest BCUT2D eigenvalue weighted by Gasteiger charge is 2.23. The fourth-order valence-electron chi connectivity index (χ4n) is 2.62. The Bertz CT molecular complexity index is 598. The van der Waals surface area contributed by atoms with Crippen LogP contribution >= 0.6 is 0 Å². The number of nitrogens with one attached hydrogen (secondary N) is 1. The van der Waals surface area contributed by atoms with Gasteiger partial charge in [-0.05, 0) is 60.7 Å². The Morgan fingerprint density at radius 3 is 2.26 bits per heavy atom. The van der Waals surface area contributed by atoms with Gasteiger partial charge in [-0.25, -0.2) is 8.78 Å². The maximum Gasteiger partial charge on any atom is 0.126 e. The van der Waals surface area contributed by atoms with Gasteiger partial charge in [-0.1, -0.05) is 6.07 Å². The Morgan fingerprint density at radius 1 is 0.947 bits per heavy atom. The van der Waals surface area contributed by atoms with E-state index in [2.05, 4.69) is 31.3 Å². The van der Waals surface area contributed by atoms with Gasteiger partial charge in [0.25, 0.3) is 0 Å². The molecule has 19 heavy (non-hydrogen) atoms.